The van der Waals surface area contributed by atoms with Gasteiger partial charge in [-0.25, -0.2) is 4.98 Å². The van der Waals surface area contributed by atoms with Crippen LogP contribution in [0.3, 0.4) is 0 Å². The fraction of sp³-hybridized carbons (Fsp3) is 0.450. The summed E-state index contributed by atoms with van der Waals surface area (Å²) >= 11 is 1.28. The number of nitrogens with zero attached hydrogens (tertiary/aromatic N) is 3. The molecule has 1 saturated heterocycles. The van der Waals surface area contributed by atoms with Crippen molar-refractivity contribution in [3.8, 4) is 17.3 Å². The van der Waals surface area contributed by atoms with Crippen molar-refractivity contribution in [3.05, 3.63) is 45.7 Å². The molecule has 1 N–H and O–H groups in total. The van der Waals surface area contributed by atoms with Crippen molar-refractivity contribution >= 4 is 11.8 Å². The van der Waals surface area contributed by atoms with E-state index >= 15 is 0 Å². The number of hydrogen-bond donors (Lipinski definition) is 1. The van der Waals surface area contributed by atoms with Crippen LogP contribution >= 0.6 is 11.8 Å². The maximum Gasteiger partial charge on any atom is 0.391 e. The molecule has 0 saturated carbocycles. The second-order valence-corrected chi connectivity index (χ2v) is 7.81. The molecule has 0 unspecified atom stereocenters. The van der Waals surface area contributed by atoms with Crippen LogP contribution in [0.1, 0.15) is 24.0 Å². The monoisotopic (exact) mass is 422 g/mol. The first-order chi connectivity index (χ1) is 13.8. The molecule has 2 heterocycles. The summed E-state index contributed by atoms with van der Waals surface area (Å²) in [7, 11) is 0. The fourth-order valence-electron chi connectivity index (χ4n) is 3.51. The lowest BCUT2D eigenvalue weighted by atomic mass is 9.96. The molecule has 1 aromatic carbocycles. The maximum absolute atomic E-state index is 12.8. The standard InChI is InChI=1S/C20H21F3N4OS/c1-29-19-25-17(16(12-24)18(28)26-19)14-4-2-3-13(11-14)5-8-27-9-6-15(7-10-27)20(21,22)23/h2-4,11,15H,5-10H2,1H3,(H,25,26,28). The first kappa shape index (κ1) is 21.4. The summed E-state index contributed by atoms with van der Waals surface area (Å²) in [4.78, 5) is 21.1. The molecule has 1 aromatic heterocycles. The number of piperidine rings is 1. The Bertz CT molecular complexity index is 959. The van der Waals surface area contributed by atoms with Gasteiger partial charge in [-0.1, -0.05) is 30.0 Å². The lowest BCUT2D eigenvalue weighted by Gasteiger charge is -2.32. The van der Waals surface area contributed by atoms with Crippen molar-refractivity contribution in [3.63, 3.8) is 0 Å². The van der Waals surface area contributed by atoms with E-state index in [9.17, 15) is 23.2 Å². The van der Waals surface area contributed by atoms with Gasteiger partial charge in [0.1, 0.15) is 11.6 Å². The third-order valence-corrected chi connectivity index (χ3v) is 5.75. The van der Waals surface area contributed by atoms with Gasteiger partial charge in [0, 0.05) is 12.1 Å². The first-order valence-corrected chi connectivity index (χ1v) is 10.5. The summed E-state index contributed by atoms with van der Waals surface area (Å²) in [6, 6.07) is 9.37. The van der Waals surface area contributed by atoms with Crippen molar-refractivity contribution in [2.24, 2.45) is 5.92 Å². The average Bonchev–Trinajstić information content (AvgIpc) is 2.71. The molecule has 29 heavy (non-hydrogen) atoms. The van der Waals surface area contributed by atoms with Crippen LogP contribution < -0.4 is 5.56 Å². The molecule has 0 amide bonds. The van der Waals surface area contributed by atoms with Crippen molar-refractivity contribution in [1.82, 2.24) is 14.9 Å². The van der Waals surface area contributed by atoms with Crippen molar-refractivity contribution in [2.75, 3.05) is 25.9 Å². The van der Waals surface area contributed by atoms with E-state index in [-0.39, 0.29) is 18.4 Å². The van der Waals surface area contributed by atoms with Gasteiger partial charge in [0.25, 0.3) is 5.56 Å². The smallest absolute Gasteiger partial charge is 0.303 e. The molecule has 0 spiro atoms. The highest BCUT2D eigenvalue weighted by Gasteiger charge is 2.40. The quantitative estimate of drug-likeness (QED) is 0.585. The van der Waals surface area contributed by atoms with Gasteiger partial charge in [-0.3, -0.25) is 4.79 Å². The van der Waals surface area contributed by atoms with Gasteiger partial charge < -0.3 is 9.88 Å². The number of likely N-dealkylation sites (tertiary alicyclic amines) is 1. The topological polar surface area (TPSA) is 72.8 Å². The molecule has 9 heteroatoms. The molecule has 0 radical (unpaired) electrons. The molecule has 2 aromatic rings. The van der Waals surface area contributed by atoms with Crippen LogP contribution in [0.15, 0.2) is 34.2 Å². The van der Waals surface area contributed by atoms with E-state index in [4.69, 9.17) is 0 Å². The number of nitriles is 1. The Morgan fingerprint density at radius 3 is 2.69 bits per heavy atom. The molecule has 0 aliphatic carbocycles. The summed E-state index contributed by atoms with van der Waals surface area (Å²) < 4.78 is 38.4. The number of nitrogens with one attached hydrogen (secondary N) is 1. The minimum absolute atomic E-state index is 0.0332. The van der Waals surface area contributed by atoms with Crippen LogP contribution in [0.25, 0.3) is 11.3 Å². The van der Waals surface area contributed by atoms with Crippen LogP contribution in [-0.2, 0) is 6.42 Å². The van der Waals surface area contributed by atoms with Gasteiger partial charge >= 0.3 is 6.18 Å². The summed E-state index contributed by atoms with van der Waals surface area (Å²) in [6.07, 6.45) is -1.36. The lowest BCUT2D eigenvalue weighted by Crippen LogP contribution is -2.39. The number of halogens is 3. The summed E-state index contributed by atoms with van der Waals surface area (Å²) in [5.41, 5.74) is 1.50. The van der Waals surface area contributed by atoms with E-state index in [1.807, 2.05) is 29.2 Å². The lowest BCUT2D eigenvalue weighted by molar-refractivity contribution is -0.185. The number of rotatable bonds is 5. The zero-order valence-corrected chi connectivity index (χ0v) is 16.7. The minimum atomic E-state index is -4.10. The Balaban J connectivity index is 1.71. The molecular formula is C20H21F3N4OS. The Labute approximate surface area is 171 Å². The third-order valence-electron chi connectivity index (χ3n) is 5.17. The number of hydrogen-bond acceptors (Lipinski definition) is 5. The van der Waals surface area contributed by atoms with E-state index in [1.165, 1.54) is 11.8 Å². The second-order valence-electron chi connectivity index (χ2n) is 7.02. The van der Waals surface area contributed by atoms with Crippen LogP contribution in [-0.4, -0.2) is 46.9 Å². The highest BCUT2D eigenvalue weighted by molar-refractivity contribution is 7.98. The van der Waals surface area contributed by atoms with Crippen molar-refractivity contribution in [2.45, 2.75) is 30.6 Å². The predicted molar refractivity (Wildman–Crippen MR) is 106 cm³/mol. The van der Waals surface area contributed by atoms with E-state index in [1.54, 1.807) is 12.3 Å². The van der Waals surface area contributed by atoms with E-state index in [0.717, 1.165) is 5.56 Å². The molecule has 1 fully saturated rings. The second kappa shape index (κ2) is 9.01. The number of aromatic amines is 1. The van der Waals surface area contributed by atoms with E-state index in [0.29, 0.717) is 42.5 Å². The predicted octanol–water partition coefficient (Wildman–Crippen LogP) is 3.85. The highest BCUT2D eigenvalue weighted by atomic mass is 32.2. The summed E-state index contributed by atoms with van der Waals surface area (Å²) in [6.45, 7) is 1.54. The largest absolute Gasteiger partial charge is 0.391 e. The molecule has 154 valence electrons. The molecule has 0 bridgehead atoms. The van der Waals surface area contributed by atoms with Crippen LogP contribution in [0.5, 0.6) is 0 Å². The number of H-pyrrole nitrogens is 1. The summed E-state index contributed by atoms with van der Waals surface area (Å²) in [5, 5.41) is 9.77. The van der Waals surface area contributed by atoms with Gasteiger partial charge in [-0.05, 0) is 50.2 Å². The molecule has 5 nitrogen and oxygen atoms in total. The normalized spacial score (nSPS) is 16.0. The van der Waals surface area contributed by atoms with Gasteiger partial charge in [0.2, 0.25) is 0 Å². The maximum atomic E-state index is 12.8. The van der Waals surface area contributed by atoms with Gasteiger partial charge in [0.15, 0.2) is 5.16 Å². The Hall–Kier alpha value is -2.31. The van der Waals surface area contributed by atoms with E-state index < -0.39 is 17.7 Å². The van der Waals surface area contributed by atoms with Gasteiger partial charge in [-0.15, -0.1) is 0 Å². The Kier molecular flexibility index (Phi) is 6.65. The van der Waals surface area contributed by atoms with Crippen LogP contribution in [0.2, 0.25) is 0 Å². The van der Waals surface area contributed by atoms with Crippen molar-refractivity contribution < 1.29 is 13.2 Å². The SMILES string of the molecule is CSc1nc(-c2cccc(CCN3CCC(C(F)(F)F)CC3)c2)c(C#N)c(=O)[nH]1. The Morgan fingerprint density at radius 2 is 2.07 bits per heavy atom. The molecule has 1 aliphatic rings. The average molecular weight is 422 g/mol. The number of benzene rings is 1. The highest BCUT2D eigenvalue weighted by Crippen LogP contribution is 2.34. The third kappa shape index (κ3) is 5.19. The first-order valence-electron chi connectivity index (χ1n) is 9.28. The van der Waals surface area contributed by atoms with E-state index in [2.05, 4.69) is 9.97 Å². The number of aromatic nitrogens is 2. The molecule has 1 aliphatic heterocycles. The Morgan fingerprint density at radius 1 is 1.34 bits per heavy atom. The molecule has 3 rings (SSSR count). The fourth-order valence-corrected chi connectivity index (χ4v) is 3.88. The number of thioether (sulfide) groups is 1. The summed E-state index contributed by atoms with van der Waals surface area (Å²) in [5.74, 6) is -1.20. The molecule has 0 atom stereocenters. The zero-order chi connectivity index (χ0) is 21.0. The molecular weight excluding hydrogens is 401 g/mol. The van der Waals surface area contributed by atoms with Gasteiger partial charge in [-0.2, -0.15) is 18.4 Å². The van der Waals surface area contributed by atoms with Crippen LogP contribution in [0.4, 0.5) is 13.2 Å². The minimum Gasteiger partial charge on any atom is -0.303 e. The van der Waals surface area contributed by atoms with Gasteiger partial charge in [0.05, 0.1) is 11.6 Å². The zero-order valence-electron chi connectivity index (χ0n) is 15.9. The van der Waals surface area contributed by atoms with Crippen LogP contribution in [0, 0.1) is 17.2 Å². The number of alkyl halides is 3. The van der Waals surface area contributed by atoms with Crippen molar-refractivity contribution in [1.29, 1.82) is 5.26 Å².